The number of piperidine rings is 1. The van der Waals surface area contributed by atoms with Gasteiger partial charge in [0.15, 0.2) is 0 Å². The van der Waals surface area contributed by atoms with E-state index in [4.69, 9.17) is 0 Å². The standard InChI is InChI=1S/C17H30N2O.ClH/c1-2-14-3-5-15(6-4-14)16(20)19-12-9-17(13-19)7-10-18-11-8-17;/h14-15,18H,2-13H2,1H3;1H. The zero-order chi connectivity index (χ0) is 14.0. The fourth-order valence-electron chi connectivity index (χ4n) is 4.56. The Hall–Kier alpha value is -0.280. The number of hydrogen-bond acceptors (Lipinski definition) is 2. The SMILES string of the molecule is CCC1CCC(C(=O)N2CCC3(CCNCC3)C2)CC1.Cl. The lowest BCUT2D eigenvalue weighted by atomic mass is 9.78. The molecule has 0 unspecified atom stereocenters. The third-order valence-corrected chi connectivity index (χ3v) is 6.19. The summed E-state index contributed by atoms with van der Waals surface area (Å²) in [5.41, 5.74) is 0.460. The number of hydrogen-bond donors (Lipinski definition) is 1. The molecule has 2 heterocycles. The summed E-state index contributed by atoms with van der Waals surface area (Å²) in [4.78, 5) is 14.9. The van der Waals surface area contributed by atoms with Crippen LogP contribution >= 0.6 is 12.4 Å². The van der Waals surface area contributed by atoms with E-state index in [2.05, 4.69) is 17.1 Å². The summed E-state index contributed by atoms with van der Waals surface area (Å²) >= 11 is 0. The van der Waals surface area contributed by atoms with Gasteiger partial charge in [0.1, 0.15) is 0 Å². The first-order valence-electron chi connectivity index (χ1n) is 8.72. The Kier molecular flexibility index (Phi) is 5.96. The molecule has 0 aromatic rings. The second kappa shape index (κ2) is 7.32. The zero-order valence-corrected chi connectivity index (χ0v) is 14.2. The van der Waals surface area contributed by atoms with E-state index >= 15 is 0 Å². The van der Waals surface area contributed by atoms with Crippen LogP contribution in [0.1, 0.15) is 58.3 Å². The van der Waals surface area contributed by atoms with Crippen molar-refractivity contribution in [3.8, 4) is 0 Å². The highest BCUT2D eigenvalue weighted by molar-refractivity contribution is 5.85. The first-order valence-corrected chi connectivity index (χ1v) is 8.72. The van der Waals surface area contributed by atoms with Crippen LogP contribution in [0.5, 0.6) is 0 Å². The van der Waals surface area contributed by atoms with Crippen molar-refractivity contribution in [1.82, 2.24) is 10.2 Å². The molecule has 0 aromatic carbocycles. The van der Waals surface area contributed by atoms with Crippen molar-refractivity contribution in [2.24, 2.45) is 17.3 Å². The summed E-state index contributed by atoms with van der Waals surface area (Å²) in [7, 11) is 0. The highest BCUT2D eigenvalue weighted by Crippen LogP contribution is 2.40. The fraction of sp³-hybridized carbons (Fsp3) is 0.941. The number of nitrogens with zero attached hydrogens (tertiary/aromatic N) is 1. The second-order valence-electron chi connectivity index (χ2n) is 7.39. The number of carbonyl (C=O) groups is 1. The van der Waals surface area contributed by atoms with Crippen LogP contribution in [0, 0.1) is 17.3 Å². The second-order valence-corrected chi connectivity index (χ2v) is 7.39. The smallest absolute Gasteiger partial charge is 0.225 e. The van der Waals surface area contributed by atoms with Crippen LogP contribution in [0.15, 0.2) is 0 Å². The van der Waals surface area contributed by atoms with Gasteiger partial charge >= 0.3 is 0 Å². The van der Waals surface area contributed by atoms with E-state index in [0.717, 1.165) is 44.9 Å². The molecule has 0 bridgehead atoms. The van der Waals surface area contributed by atoms with Gasteiger partial charge in [-0.3, -0.25) is 4.79 Å². The van der Waals surface area contributed by atoms with Gasteiger partial charge in [0.05, 0.1) is 0 Å². The molecule has 3 nitrogen and oxygen atoms in total. The van der Waals surface area contributed by atoms with Gasteiger partial charge in [-0.15, -0.1) is 12.4 Å². The number of halogens is 1. The predicted molar refractivity (Wildman–Crippen MR) is 88.7 cm³/mol. The lowest BCUT2D eigenvalue weighted by Gasteiger charge is -2.35. The fourth-order valence-corrected chi connectivity index (χ4v) is 4.56. The molecule has 1 saturated carbocycles. The maximum Gasteiger partial charge on any atom is 0.225 e. The van der Waals surface area contributed by atoms with Crippen LogP contribution < -0.4 is 5.32 Å². The molecule has 2 saturated heterocycles. The summed E-state index contributed by atoms with van der Waals surface area (Å²) in [5.74, 6) is 1.71. The van der Waals surface area contributed by atoms with Crippen LogP contribution in [-0.4, -0.2) is 37.0 Å². The predicted octanol–water partition coefficient (Wildman–Crippen LogP) is 3.23. The van der Waals surface area contributed by atoms with E-state index in [-0.39, 0.29) is 12.4 Å². The lowest BCUT2D eigenvalue weighted by molar-refractivity contribution is -0.136. The Labute approximate surface area is 135 Å². The molecule has 3 rings (SSSR count). The average molecular weight is 315 g/mol. The highest BCUT2D eigenvalue weighted by Gasteiger charge is 2.42. The molecule has 2 aliphatic heterocycles. The number of likely N-dealkylation sites (tertiary alicyclic amines) is 1. The Balaban J connectivity index is 0.00000161. The molecule has 0 aromatic heterocycles. The first-order chi connectivity index (χ1) is 9.72. The van der Waals surface area contributed by atoms with E-state index in [1.54, 1.807) is 0 Å². The van der Waals surface area contributed by atoms with Crippen LogP contribution in [0.3, 0.4) is 0 Å². The Morgan fingerprint density at radius 3 is 2.43 bits per heavy atom. The molecule has 0 radical (unpaired) electrons. The zero-order valence-electron chi connectivity index (χ0n) is 13.4. The number of nitrogens with one attached hydrogen (secondary N) is 1. The minimum Gasteiger partial charge on any atom is -0.342 e. The van der Waals surface area contributed by atoms with Gasteiger partial charge in [0.2, 0.25) is 5.91 Å². The Morgan fingerprint density at radius 2 is 1.81 bits per heavy atom. The third kappa shape index (κ3) is 3.73. The van der Waals surface area contributed by atoms with Crippen LogP contribution in [0.2, 0.25) is 0 Å². The Morgan fingerprint density at radius 1 is 1.14 bits per heavy atom. The van der Waals surface area contributed by atoms with Crippen molar-refractivity contribution in [3.63, 3.8) is 0 Å². The van der Waals surface area contributed by atoms with Crippen molar-refractivity contribution in [1.29, 1.82) is 0 Å². The summed E-state index contributed by atoms with van der Waals surface area (Å²) < 4.78 is 0. The van der Waals surface area contributed by atoms with Crippen molar-refractivity contribution in [2.45, 2.75) is 58.3 Å². The molecule has 4 heteroatoms. The van der Waals surface area contributed by atoms with E-state index in [0.29, 0.717) is 17.2 Å². The highest BCUT2D eigenvalue weighted by atomic mass is 35.5. The minimum atomic E-state index is 0. The summed E-state index contributed by atoms with van der Waals surface area (Å²) in [6.45, 7) is 6.63. The lowest BCUT2D eigenvalue weighted by Crippen LogP contribution is -2.41. The van der Waals surface area contributed by atoms with Crippen LogP contribution in [0.4, 0.5) is 0 Å². The van der Waals surface area contributed by atoms with Gasteiger partial charge in [-0.25, -0.2) is 0 Å². The van der Waals surface area contributed by atoms with Crippen molar-refractivity contribution in [2.75, 3.05) is 26.2 Å². The molecular weight excluding hydrogens is 284 g/mol. The molecule has 0 atom stereocenters. The molecule has 3 fully saturated rings. The van der Waals surface area contributed by atoms with Crippen molar-refractivity contribution >= 4 is 18.3 Å². The van der Waals surface area contributed by atoms with Gasteiger partial charge in [-0.05, 0) is 69.4 Å². The van der Waals surface area contributed by atoms with E-state index in [1.807, 2.05) is 0 Å². The quantitative estimate of drug-likeness (QED) is 0.848. The molecule has 1 amide bonds. The minimum absolute atomic E-state index is 0. The van der Waals surface area contributed by atoms with Gasteiger partial charge in [-0.2, -0.15) is 0 Å². The molecule has 1 N–H and O–H groups in total. The molecule has 1 aliphatic carbocycles. The third-order valence-electron chi connectivity index (χ3n) is 6.19. The largest absolute Gasteiger partial charge is 0.342 e. The molecule has 3 aliphatic rings. The topological polar surface area (TPSA) is 32.3 Å². The van der Waals surface area contributed by atoms with Crippen molar-refractivity contribution < 1.29 is 4.79 Å². The molecule has 21 heavy (non-hydrogen) atoms. The number of carbonyl (C=O) groups excluding carboxylic acids is 1. The van der Waals surface area contributed by atoms with Gasteiger partial charge in [0.25, 0.3) is 0 Å². The van der Waals surface area contributed by atoms with Crippen LogP contribution in [-0.2, 0) is 4.79 Å². The molecular formula is C17H31ClN2O. The normalized spacial score (nSPS) is 32.0. The maximum absolute atomic E-state index is 12.7. The monoisotopic (exact) mass is 314 g/mol. The number of rotatable bonds is 2. The molecule has 1 spiro atoms. The van der Waals surface area contributed by atoms with Gasteiger partial charge < -0.3 is 10.2 Å². The van der Waals surface area contributed by atoms with Crippen molar-refractivity contribution in [3.05, 3.63) is 0 Å². The van der Waals surface area contributed by atoms with Gasteiger partial charge in [0, 0.05) is 19.0 Å². The average Bonchev–Trinajstić information content (AvgIpc) is 2.91. The van der Waals surface area contributed by atoms with E-state index in [9.17, 15) is 4.79 Å². The first kappa shape index (κ1) is 17.1. The van der Waals surface area contributed by atoms with Gasteiger partial charge in [-0.1, -0.05) is 13.3 Å². The molecule has 122 valence electrons. The summed E-state index contributed by atoms with van der Waals surface area (Å²) in [5, 5.41) is 3.45. The van der Waals surface area contributed by atoms with E-state index < -0.39 is 0 Å². The number of amides is 1. The van der Waals surface area contributed by atoms with E-state index in [1.165, 1.54) is 38.5 Å². The Bertz CT molecular complexity index is 347. The summed E-state index contributed by atoms with van der Waals surface area (Å²) in [6, 6.07) is 0. The summed E-state index contributed by atoms with van der Waals surface area (Å²) in [6.07, 6.45) is 9.89. The van der Waals surface area contributed by atoms with Crippen LogP contribution in [0.25, 0.3) is 0 Å². The maximum atomic E-state index is 12.7.